The Labute approximate surface area is 153 Å². The van der Waals surface area contributed by atoms with E-state index in [0.29, 0.717) is 31.7 Å². The summed E-state index contributed by atoms with van der Waals surface area (Å²) >= 11 is 0. The standard InChI is InChI=1S/C21H23FN2O2/c1-21(2,17-8-4-3-5-9-17)20(26)24-13-11-23(12-14-24)19(25)16-7-6-10-18(22)15-16/h3-10,15H,11-14H2,1-2H3. The second-order valence-corrected chi connectivity index (χ2v) is 7.09. The number of carbonyl (C=O) groups excluding carboxylic acids is 2. The van der Waals surface area contributed by atoms with Crippen LogP contribution in [0, 0.1) is 5.82 Å². The molecule has 0 aromatic heterocycles. The summed E-state index contributed by atoms with van der Waals surface area (Å²) in [6, 6.07) is 15.4. The summed E-state index contributed by atoms with van der Waals surface area (Å²) in [5.41, 5.74) is 0.702. The fraction of sp³-hybridized carbons (Fsp3) is 0.333. The minimum absolute atomic E-state index is 0.0570. The molecule has 26 heavy (non-hydrogen) atoms. The molecule has 0 unspecified atom stereocenters. The average molecular weight is 354 g/mol. The van der Waals surface area contributed by atoms with Crippen molar-refractivity contribution < 1.29 is 14.0 Å². The highest BCUT2D eigenvalue weighted by atomic mass is 19.1. The van der Waals surface area contributed by atoms with Crippen molar-refractivity contribution in [2.45, 2.75) is 19.3 Å². The molecule has 136 valence electrons. The van der Waals surface area contributed by atoms with Crippen molar-refractivity contribution in [1.82, 2.24) is 9.80 Å². The van der Waals surface area contributed by atoms with Gasteiger partial charge >= 0.3 is 0 Å². The van der Waals surface area contributed by atoms with E-state index in [4.69, 9.17) is 0 Å². The zero-order valence-electron chi connectivity index (χ0n) is 15.1. The molecule has 0 radical (unpaired) electrons. The lowest BCUT2D eigenvalue weighted by Gasteiger charge is -2.38. The molecule has 1 aliphatic heterocycles. The van der Waals surface area contributed by atoms with Crippen LogP contribution in [-0.4, -0.2) is 47.8 Å². The lowest BCUT2D eigenvalue weighted by atomic mass is 9.83. The summed E-state index contributed by atoms with van der Waals surface area (Å²) < 4.78 is 13.3. The molecule has 0 spiro atoms. The summed E-state index contributed by atoms with van der Waals surface area (Å²) in [6.45, 7) is 5.72. The topological polar surface area (TPSA) is 40.6 Å². The number of hydrogen-bond acceptors (Lipinski definition) is 2. The Balaban J connectivity index is 1.65. The molecule has 1 heterocycles. The van der Waals surface area contributed by atoms with Gasteiger partial charge in [-0.05, 0) is 37.6 Å². The molecule has 3 rings (SSSR count). The molecule has 1 aliphatic rings. The third-order valence-electron chi connectivity index (χ3n) is 4.96. The second-order valence-electron chi connectivity index (χ2n) is 7.09. The molecule has 4 nitrogen and oxygen atoms in total. The van der Waals surface area contributed by atoms with Gasteiger partial charge < -0.3 is 9.80 Å². The van der Waals surface area contributed by atoms with Crippen molar-refractivity contribution in [3.63, 3.8) is 0 Å². The van der Waals surface area contributed by atoms with Crippen LogP contribution in [-0.2, 0) is 10.2 Å². The molecule has 1 fully saturated rings. The van der Waals surface area contributed by atoms with E-state index in [-0.39, 0.29) is 11.8 Å². The van der Waals surface area contributed by atoms with E-state index in [0.717, 1.165) is 5.56 Å². The van der Waals surface area contributed by atoms with Gasteiger partial charge in [0.15, 0.2) is 0 Å². The summed E-state index contributed by atoms with van der Waals surface area (Å²) in [5.74, 6) is -0.560. The van der Waals surface area contributed by atoms with Crippen molar-refractivity contribution in [2.75, 3.05) is 26.2 Å². The molecule has 2 aromatic carbocycles. The number of hydrogen-bond donors (Lipinski definition) is 0. The first-order chi connectivity index (χ1) is 12.4. The normalized spacial score (nSPS) is 15.0. The van der Waals surface area contributed by atoms with E-state index in [2.05, 4.69) is 0 Å². The van der Waals surface area contributed by atoms with Crippen molar-refractivity contribution in [3.8, 4) is 0 Å². The maximum atomic E-state index is 13.3. The Bertz CT molecular complexity index is 797. The molecule has 2 aromatic rings. The number of amides is 2. The fourth-order valence-electron chi connectivity index (χ4n) is 3.29. The second kappa shape index (κ2) is 7.28. The molecular weight excluding hydrogens is 331 g/mol. The lowest BCUT2D eigenvalue weighted by Crippen LogP contribution is -2.54. The highest BCUT2D eigenvalue weighted by molar-refractivity contribution is 5.94. The summed E-state index contributed by atoms with van der Waals surface area (Å²) in [7, 11) is 0. The predicted molar refractivity (Wildman–Crippen MR) is 98.4 cm³/mol. The fourth-order valence-corrected chi connectivity index (χ4v) is 3.29. The van der Waals surface area contributed by atoms with E-state index in [1.165, 1.54) is 18.2 Å². The minimum Gasteiger partial charge on any atom is -0.338 e. The quantitative estimate of drug-likeness (QED) is 0.850. The highest BCUT2D eigenvalue weighted by Crippen LogP contribution is 2.26. The van der Waals surface area contributed by atoms with Crippen molar-refractivity contribution in [3.05, 3.63) is 71.5 Å². The van der Waals surface area contributed by atoms with E-state index in [1.54, 1.807) is 11.0 Å². The molecule has 0 aliphatic carbocycles. The van der Waals surface area contributed by atoms with Crippen LogP contribution in [0.15, 0.2) is 54.6 Å². The Hall–Kier alpha value is -2.69. The van der Waals surface area contributed by atoms with Crippen LogP contribution in [0.1, 0.15) is 29.8 Å². The minimum atomic E-state index is -0.615. The number of rotatable bonds is 3. The molecule has 0 saturated carbocycles. The van der Waals surface area contributed by atoms with Crippen molar-refractivity contribution in [2.24, 2.45) is 0 Å². The smallest absolute Gasteiger partial charge is 0.254 e. The van der Waals surface area contributed by atoms with Gasteiger partial charge in [-0.1, -0.05) is 36.4 Å². The maximum Gasteiger partial charge on any atom is 0.254 e. The van der Waals surface area contributed by atoms with Crippen LogP contribution in [0.3, 0.4) is 0 Å². The summed E-state index contributed by atoms with van der Waals surface area (Å²) in [5, 5.41) is 0. The number of piperazine rings is 1. The Morgan fingerprint density at radius 3 is 2.12 bits per heavy atom. The SMILES string of the molecule is CC(C)(C(=O)N1CCN(C(=O)c2cccc(F)c2)CC1)c1ccccc1. The van der Waals surface area contributed by atoms with E-state index in [1.807, 2.05) is 49.1 Å². The Kier molecular flexibility index (Phi) is 5.07. The monoisotopic (exact) mass is 354 g/mol. The van der Waals surface area contributed by atoms with E-state index >= 15 is 0 Å². The van der Waals surface area contributed by atoms with Crippen LogP contribution in [0.4, 0.5) is 4.39 Å². The zero-order chi connectivity index (χ0) is 18.7. The molecule has 5 heteroatoms. The Morgan fingerprint density at radius 1 is 0.885 bits per heavy atom. The van der Waals surface area contributed by atoms with Gasteiger partial charge in [0.25, 0.3) is 5.91 Å². The van der Waals surface area contributed by atoms with E-state index < -0.39 is 11.2 Å². The van der Waals surface area contributed by atoms with Gasteiger partial charge in [-0.25, -0.2) is 4.39 Å². The van der Waals surface area contributed by atoms with E-state index in [9.17, 15) is 14.0 Å². The van der Waals surface area contributed by atoms with Gasteiger partial charge in [-0.2, -0.15) is 0 Å². The molecule has 1 saturated heterocycles. The third kappa shape index (κ3) is 3.62. The van der Waals surface area contributed by atoms with Crippen LogP contribution < -0.4 is 0 Å². The largest absolute Gasteiger partial charge is 0.338 e. The molecule has 0 N–H and O–H groups in total. The number of benzene rings is 2. The molecule has 2 amide bonds. The average Bonchev–Trinajstić information content (AvgIpc) is 2.67. The van der Waals surface area contributed by atoms with Gasteiger partial charge in [0.1, 0.15) is 5.82 Å². The number of carbonyl (C=O) groups is 2. The number of nitrogens with zero attached hydrogens (tertiary/aromatic N) is 2. The zero-order valence-corrected chi connectivity index (χ0v) is 15.1. The van der Waals surface area contributed by atoms with Crippen LogP contribution in [0.25, 0.3) is 0 Å². The first kappa shape index (κ1) is 18.1. The van der Waals surface area contributed by atoms with Gasteiger partial charge in [-0.3, -0.25) is 9.59 Å². The van der Waals surface area contributed by atoms with Gasteiger partial charge in [0.05, 0.1) is 5.41 Å². The first-order valence-corrected chi connectivity index (χ1v) is 8.79. The van der Waals surface area contributed by atoms with Crippen LogP contribution in [0.5, 0.6) is 0 Å². The van der Waals surface area contributed by atoms with Crippen LogP contribution in [0.2, 0.25) is 0 Å². The van der Waals surface area contributed by atoms with Gasteiger partial charge in [0.2, 0.25) is 5.91 Å². The molecule has 0 bridgehead atoms. The van der Waals surface area contributed by atoms with Crippen molar-refractivity contribution in [1.29, 1.82) is 0 Å². The summed E-state index contributed by atoms with van der Waals surface area (Å²) in [4.78, 5) is 29.0. The Morgan fingerprint density at radius 2 is 1.50 bits per heavy atom. The van der Waals surface area contributed by atoms with Gasteiger partial charge in [0, 0.05) is 31.7 Å². The lowest BCUT2D eigenvalue weighted by molar-refractivity contribution is -0.137. The van der Waals surface area contributed by atoms with Crippen molar-refractivity contribution >= 4 is 11.8 Å². The highest BCUT2D eigenvalue weighted by Gasteiger charge is 2.35. The first-order valence-electron chi connectivity index (χ1n) is 8.79. The van der Waals surface area contributed by atoms with Gasteiger partial charge in [-0.15, -0.1) is 0 Å². The molecular formula is C21H23FN2O2. The summed E-state index contributed by atoms with van der Waals surface area (Å²) in [6.07, 6.45) is 0. The maximum absolute atomic E-state index is 13.3. The number of halogens is 1. The predicted octanol–water partition coefficient (Wildman–Crippen LogP) is 3.09. The third-order valence-corrected chi connectivity index (χ3v) is 4.96. The molecule has 0 atom stereocenters. The van der Waals surface area contributed by atoms with Crippen LogP contribution >= 0.6 is 0 Å².